The number of aliphatic hydroxyl groups is 2. The van der Waals surface area contributed by atoms with E-state index in [1.807, 2.05) is 0 Å². The molecule has 11 heteroatoms. The number of phosphoric ester groups is 1. The van der Waals surface area contributed by atoms with Gasteiger partial charge >= 0.3 is 19.8 Å². The van der Waals surface area contributed by atoms with Gasteiger partial charge in [-0.15, -0.1) is 0 Å². The second-order valence-corrected chi connectivity index (χ2v) is 14.7. The monoisotopic (exact) mass is 666 g/mol. The molecule has 0 saturated heterocycles. The van der Waals surface area contributed by atoms with Crippen LogP contribution in [0.15, 0.2) is 0 Å². The number of rotatable bonds is 32. The standard InChI is InChI=1S/C34H67O10P/c1-29(2)21-17-13-9-6-5-7-11-16-20-24-34(38)44-32(28-43-45(39,40)42-26-31(36)25-35)27-41-33(37)23-19-15-12-8-10-14-18-22-30(3)4/h29-32,35-36H,5-28H2,1-4H3,(H,39,40)/t31-,32+/m0/s1. The van der Waals surface area contributed by atoms with Crippen LogP contribution in [0, 0.1) is 11.8 Å². The summed E-state index contributed by atoms with van der Waals surface area (Å²) in [7, 11) is -4.60. The number of hydrogen-bond donors (Lipinski definition) is 3. The Morgan fingerprint density at radius 2 is 1.00 bits per heavy atom. The molecule has 0 fully saturated rings. The van der Waals surface area contributed by atoms with E-state index in [1.165, 1.54) is 64.2 Å². The van der Waals surface area contributed by atoms with Crippen LogP contribution in [0.1, 0.15) is 156 Å². The maximum absolute atomic E-state index is 12.5. The highest BCUT2D eigenvalue weighted by molar-refractivity contribution is 7.47. The van der Waals surface area contributed by atoms with Crippen molar-refractivity contribution in [1.82, 2.24) is 0 Å². The lowest BCUT2D eigenvalue weighted by atomic mass is 10.0. The maximum Gasteiger partial charge on any atom is 0.472 e. The summed E-state index contributed by atoms with van der Waals surface area (Å²) in [6.45, 7) is 6.90. The number of unbranched alkanes of at least 4 members (excludes halogenated alkanes) is 14. The summed E-state index contributed by atoms with van der Waals surface area (Å²) in [5.41, 5.74) is 0. The lowest BCUT2D eigenvalue weighted by molar-refractivity contribution is -0.161. The average molecular weight is 667 g/mol. The van der Waals surface area contributed by atoms with Gasteiger partial charge in [-0.25, -0.2) is 4.57 Å². The lowest BCUT2D eigenvalue weighted by Crippen LogP contribution is -2.29. The first-order chi connectivity index (χ1) is 21.4. The van der Waals surface area contributed by atoms with Gasteiger partial charge < -0.3 is 24.6 Å². The zero-order valence-electron chi connectivity index (χ0n) is 28.9. The molecule has 0 aliphatic carbocycles. The molecule has 0 aromatic rings. The minimum Gasteiger partial charge on any atom is -0.462 e. The van der Waals surface area contributed by atoms with Gasteiger partial charge in [0.1, 0.15) is 12.7 Å². The SMILES string of the molecule is CC(C)CCCCCCCCCCCC(=O)O[C@H](COC(=O)CCCCCCCCCC(C)C)COP(=O)(O)OC[C@@H](O)CO. The zero-order chi connectivity index (χ0) is 33.8. The fourth-order valence-electron chi connectivity index (χ4n) is 4.83. The van der Waals surface area contributed by atoms with Crippen LogP contribution < -0.4 is 0 Å². The van der Waals surface area contributed by atoms with E-state index in [4.69, 9.17) is 19.1 Å². The summed E-state index contributed by atoms with van der Waals surface area (Å²) >= 11 is 0. The molecule has 0 radical (unpaired) electrons. The van der Waals surface area contributed by atoms with Crippen molar-refractivity contribution in [2.45, 2.75) is 168 Å². The third-order valence-electron chi connectivity index (χ3n) is 7.62. The molecule has 0 bridgehead atoms. The van der Waals surface area contributed by atoms with Gasteiger partial charge in [0.2, 0.25) is 0 Å². The molecule has 3 N–H and O–H groups in total. The topological polar surface area (TPSA) is 149 Å². The summed E-state index contributed by atoms with van der Waals surface area (Å²) in [4.78, 5) is 34.7. The van der Waals surface area contributed by atoms with Gasteiger partial charge in [-0.05, 0) is 24.7 Å². The summed E-state index contributed by atoms with van der Waals surface area (Å²) in [6.07, 6.45) is 18.2. The van der Waals surface area contributed by atoms with Crippen molar-refractivity contribution in [1.29, 1.82) is 0 Å². The fraction of sp³-hybridized carbons (Fsp3) is 0.941. The van der Waals surface area contributed by atoms with E-state index < -0.39 is 51.8 Å². The third-order valence-corrected chi connectivity index (χ3v) is 8.57. The smallest absolute Gasteiger partial charge is 0.462 e. The van der Waals surface area contributed by atoms with Crippen molar-refractivity contribution in [3.8, 4) is 0 Å². The van der Waals surface area contributed by atoms with Crippen LogP contribution in [0.3, 0.4) is 0 Å². The molecule has 0 amide bonds. The number of carbonyl (C=O) groups is 2. The van der Waals surface area contributed by atoms with Crippen molar-refractivity contribution < 1.29 is 47.8 Å². The van der Waals surface area contributed by atoms with E-state index in [1.54, 1.807) is 0 Å². The molecule has 0 aliphatic rings. The van der Waals surface area contributed by atoms with Gasteiger partial charge in [0.25, 0.3) is 0 Å². The summed E-state index contributed by atoms with van der Waals surface area (Å²) < 4.78 is 32.5. The molecular formula is C34H67O10P. The molecule has 0 rings (SSSR count). The molecule has 0 heterocycles. The van der Waals surface area contributed by atoms with Gasteiger partial charge in [-0.1, -0.05) is 130 Å². The quantitative estimate of drug-likeness (QED) is 0.0366. The normalized spacial score (nSPS) is 14.4. The number of hydrogen-bond acceptors (Lipinski definition) is 9. The number of ether oxygens (including phenoxy) is 2. The van der Waals surface area contributed by atoms with Crippen LogP contribution in [0.2, 0.25) is 0 Å². The van der Waals surface area contributed by atoms with E-state index >= 15 is 0 Å². The molecule has 0 aromatic carbocycles. The molecule has 268 valence electrons. The summed E-state index contributed by atoms with van der Waals surface area (Å²) in [6, 6.07) is 0. The molecule has 45 heavy (non-hydrogen) atoms. The first-order valence-electron chi connectivity index (χ1n) is 17.7. The summed E-state index contributed by atoms with van der Waals surface area (Å²) in [5.74, 6) is 0.595. The Balaban J connectivity index is 4.41. The van der Waals surface area contributed by atoms with Crippen molar-refractivity contribution in [3.63, 3.8) is 0 Å². The second-order valence-electron chi connectivity index (χ2n) is 13.2. The lowest BCUT2D eigenvalue weighted by Gasteiger charge is -2.20. The molecule has 1 unspecified atom stereocenters. The predicted octanol–water partition coefficient (Wildman–Crippen LogP) is 8.04. The Morgan fingerprint density at radius 1 is 0.600 bits per heavy atom. The molecule has 3 atom stereocenters. The van der Waals surface area contributed by atoms with Crippen LogP contribution in [0.25, 0.3) is 0 Å². The maximum atomic E-state index is 12.5. The van der Waals surface area contributed by atoms with Crippen molar-refractivity contribution in [3.05, 3.63) is 0 Å². The van der Waals surface area contributed by atoms with E-state index in [0.29, 0.717) is 12.8 Å². The van der Waals surface area contributed by atoms with E-state index in [9.17, 15) is 24.2 Å². The Labute approximate surface area is 273 Å². The summed E-state index contributed by atoms with van der Waals surface area (Å²) in [5, 5.41) is 18.2. The van der Waals surface area contributed by atoms with Crippen LogP contribution >= 0.6 is 7.82 Å². The number of esters is 2. The Bertz CT molecular complexity index is 761. The average Bonchev–Trinajstić information content (AvgIpc) is 2.98. The molecular weight excluding hydrogens is 599 g/mol. The Kier molecular flexibility index (Phi) is 28.5. The van der Waals surface area contributed by atoms with Crippen molar-refractivity contribution in [2.24, 2.45) is 11.8 Å². The Morgan fingerprint density at radius 3 is 1.44 bits per heavy atom. The third kappa shape index (κ3) is 31.3. The van der Waals surface area contributed by atoms with Gasteiger partial charge in [0.05, 0.1) is 19.8 Å². The highest BCUT2D eigenvalue weighted by Crippen LogP contribution is 2.43. The van der Waals surface area contributed by atoms with E-state index in [2.05, 4.69) is 32.2 Å². The largest absolute Gasteiger partial charge is 0.472 e. The van der Waals surface area contributed by atoms with Gasteiger partial charge in [-0.3, -0.25) is 18.6 Å². The molecule has 0 saturated carbocycles. The molecule has 0 spiro atoms. The number of carbonyl (C=O) groups excluding carboxylic acids is 2. The minimum atomic E-state index is -4.60. The van der Waals surface area contributed by atoms with Gasteiger partial charge in [0, 0.05) is 12.8 Å². The molecule has 0 aliphatic heterocycles. The zero-order valence-corrected chi connectivity index (χ0v) is 29.8. The highest BCUT2D eigenvalue weighted by atomic mass is 31.2. The van der Waals surface area contributed by atoms with Crippen LogP contribution in [-0.4, -0.2) is 65.7 Å². The number of phosphoric acid groups is 1. The van der Waals surface area contributed by atoms with Gasteiger partial charge in [-0.2, -0.15) is 0 Å². The fourth-order valence-corrected chi connectivity index (χ4v) is 5.62. The van der Waals surface area contributed by atoms with Crippen molar-refractivity contribution >= 4 is 19.8 Å². The minimum absolute atomic E-state index is 0.188. The first-order valence-corrected chi connectivity index (χ1v) is 19.2. The first kappa shape index (κ1) is 44.0. The van der Waals surface area contributed by atoms with E-state index in [-0.39, 0.29) is 19.4 Å². The van der Waals surface area contributed by atoms with Crippen LogP contribution in [-0.2, 0) is 32.7 Å². The van der Waals surface area contributed by atoms with Crippen LogP contribution in [0.5, 0.6) is 0 Å². The molecule has 10 nitrogen and oxygen atoms in total. The second kappa shape index (κ2) is 29.1. The predicted molar refractivity (Wildman–Crippen MR) is 178 cm³/mol. The highest BCUT2D eigenvalue weighted by Gasteiger charge is 2.27. The Hall–Kier alpha value is -1.03. The molecule has 0 aromatic heterocycles. The van der Waals surface area contributed by atoms with E-state index in [0.717, 1.165) is 50.4 Å². The van der Waals surface area contributed by atoms with Crippen molar-refractivity contribution in [2.75, 3.05) is 26.4 Å². The number of aliphatic hydroxyl groups excluding tert-OH is 2. The van der Waals surface area contributed by atoms with Gasteiger partial charge in [0.15, 0.2) is 6.10 Å². The van der Waals surface area contributed by atoms with Crippen LogP contribution in [0.4, 0.5) is 0 Å².